The number of H-pyrrole nitrogens is 1. The van der Waals surface area contributed by atoms with E-state index in [1.807, 2.05) is 41.9 Å². The third-order valence-corrected chi connectivity index (χ3v) is 6.31. The Balaban J connectivity index is 1.28. The highest BCUT2D eigenvalue weighted by Gasteiger charge is 2.16. The SMILES string of the molecule is Cc1nn(Cc2ccc(F)cc2)c2sc(C(=O)NCCc3nc4ccccc4[nH]3)cc12. The number of imidazole rings is 1. The van der Waals surface area contributed by atoms with Crippen molar-refractivity contribution in [3.05, 3.63) is 82.4 Å². The van der Waals surface area contributed by atoms with Crippen molar-refractivity contribution in [1.82, 2.24) is 25.1 Å². The number of amides is 1. The van der Waals surface area contributed by atoms with Gasteiger partial charge in [0.15, 0.2) is 0 Å². The first-order valence-electron chi connectivity index (χ1n) is 10.00. The number of fused-ring (bicyclic) bond motifs is 2. The fraction of sp³-hybridized carbons (Fsp3) is 0.174. The van der Waals surface area contributed by atoms with Crippen molar-refractivity contribution in [3.63, 3.8) is 0 Å². The van der Waals surface area contributed by atoms with Gasteiger partial charge in [0.25, 0.3) is 5.91 Å². The van der Waals surface area contributed by atoms with Gasteiger partial charge >= 0.3 is 0 Å². The van der Waals surface area contributed by atoms with E-state index in [2.05, 4.69) is 20.4 Å². The van der Waals surface area contributed by atoms with Crippen molar-refractivity contribution < 1.29 is 9.18 Å². The van der Waals surface area contributed by atoms with Gasteiger partial charge in [-0.1, -0.05) is 24.3 Å². The Morgan fingerprint density at radius 1 is 1.19 bits per heavy atom. The van der Waals surface area contributed by atoms with Crippen LogP contribution in [0.25, 0.3) is 21.3 Å². The van der Waals surface area contributed by atoms with E-state index in [0.29, 0.717) is 24.4 Å². The summed E-state index contributed by atoms with van der Waals surface area (Å²) in [6.07, 6.45) is 0.628. The molecule has 31 heavy (non-hydrogen) atoms. The van der Waals surface area contributed by atoms with Crippen molar-refractivity contribution in [2.75, 3.05) is 6.54 Å². The van der Waals surface area contributed by atoms with Crippen molar-refractivity contribution in [3.8, 4) is 0 Å². The van der Waals surface area contributed by atoms with Crippen LogP contribution in [-0.2, 0) is 13.0 Å². The fourth-order valence-corrected chi connectivity index (χ4v) is 4.68. The number of rotatable bonds is 6. The predicted octanol–water partition coefficient (Wildman–Crippen LogP) is 4.44. The Morgan fingerprint density at radius 2 is 2.00 bits per heavy atom. The minimum Gasteiger partial charge on any atom is -0.351 e. The Kier molecular flexibility index (Phi) is 4.99. The molecule has 1 amide bonds. The van der Waals surface area contributed by atoms with Crippen LogP contribution >= 0.6 is 11.3 Å². The van der Waals surface area contributed by atoms with E-state index in [-0.39, 0.29) is 11.7 Å². The Labute approximate surface area is 181 Å². The number of hydrogen-bond acceptors (Lipinski definition) is 4. The van der Waals surface area contributed by atoms with Crippen molar-refractivity contribution in [1.29, 1.82) is 0 Å². The molecule has 0 aliphatic rings. The molecule has 0 fully saturated rings. The molecule has 0 atom stereocenters. The lowest BCUT2D eigenvalue weighted by atomic mass is 10.2. The minimum atomic E-state index is -0.261. The standard InChI is InChI=1S/C23H20FN5OS/c1-14-17-12-20(31-23(17)29(28-14)13-15-6-8-16(24)9-7-15)22(30)25-11-10-21-26-18-4-2-3-5-19(18)27-21/h2-9,12H,10-11,13H2,1H3,(H,25,30)(H,26,27). The number of nitrogens with zero attached hydrogens (tertiary/aromatic N) is 3. The average molecular weight is 434 g/mol. The second-order valence-electron chi connectivity index (χ2n) is 7.41. The maximum atomic E-state index is 13.2. The lowest BCUT2D eigenvalue weighted by molar-refractivity contribution is 0.0958. The Bertz CT molecular complexity index is 1350. The molecule has 0 unspecified atom stereocenters. The molecule has 0 aliphatic heterocycles. The molecular formula is C23H20FN5OS. The number of aryl methyl sites for hydroxylation is 1. The molecule has 2 aromatic carbocycles. The van der Waals surface area contributed by atoms with Crippen LogP contribution in [0.4, 0.5) is 4.39 Å². The summed E-state index contributed by atoms with van der Waals surface area (Å²) in [5, 5.41) is 8.52. The van der Waals surface area contributed by atoms with Crippen molar-refractivity contribution in [2.24, 2.45) is 0 Å². The molecule has 8 heteroatoms. The second kappa shape index (κ2) is 7.96. The third kappa shape index (κ3) is 3.94. The molecule has 0 spiro atoms. The Morgan fingerprint density at radius 3 is 2.81 bits per heavy atom. The van der Waals surface area contributed by atoms with Gasteiger partial charge in [-0.2, -0.15) is 5.10 Å². The Hall–Kier alpha value is -3.52. The van der Waals surface area contributed by atoms with E-state index in [9.17, 15) is 9.18 Å². The number of aromatic nitrogens is 4. The van der Waals surface area contributed by atoms with Gasteiger partial charge in [-0.05, 0) is 42.8 Å². The van der Waals surface area contributed by atoms with Gasteiger partial charge in [0.1, 0.15) is 16.5 Å². The minimum absolute atomic E-state index is 0.106. The predicted molar refractivity (Wildman–Crippen MR) is 120 cm³/mol. The van der Waals surface area contributed by atoms with E-state index in [0.717, 1.165) is 38.3 Å². The largest absolute Gasteiger partial charge is 0.351 e. The highest BCUT2D eigenvalue weighted by molar-refractivity contribution is 7.20. The van der Waals surface area contributed by atoms with E-state index in [1.54, 1.807) is 12.1 Å². The summed E-state index contributed by atoms with van der Waals surface area (Å²) in [4.78, 5) is 22.1. The van der Waals surface area contributed by atoms with Gasteiger partial charge in [-0.3, -0.25) is 9.48 Å². The second-order valence-corrected chi connectivity index (χ2v) is 8.44. The number of benzene rings is 2. The summed E-state index contributed by atoms with van der Waals surface area (Å²) < 4.78 is 15.0. The zero-order valence-corrected chi connectivity index (χ0v) is 17.7. The van der Waals surface area contributed by atoms with E-state index >= 15 is 0 Å². The van der Waals surface area contributed by atoms with Crippen LogP contribution in [0.5, 0.6) is 0 Å². The molecular weight excluding hydrogens is 413 g/mol. The number of halogens is 1. The summed E-state index contributed by atoms with van der Waals surface area (Å²) in [5.74, 6) is 0.483. The average Bonchev–Trinajstić information content (AvgIpc) is 3.45. The van der Waals surface area contributed by atoms with Crippen LogP contribution in [0.15, 0.2) is 54.6 Å². The summed E-state index contributed by atoms with van der Waals surface area (Å²) in [6.45, 7) is 2.95. The highest BCUT2D eigenvalue weighted by Crippen LogP contribution is 2.29. The van der Waals surface area contributed by atoms with Crippen LogP contribution in [0.2, 0.25) is 0 Å². The summed E-state index contributed by atoms with van der Waals surface area (Å²) in [6, 6.07) is 16.1. The first-order valence-corrected chi connectivity index (χ1v) is 10.8. The maximum Gasteiger partial charge on any atom is 0.261 e. The van der Waals surface area contributed by atoms with Crippen LogP contribution in [0, 0.1) is 12.7 Å². The number of carbonyl (C=O) groups excluding carboxylic acids is 1. The van der Waals surface area contributed by atoms with Gasteiger partial charge in [-0.15, -0.1) is 11.3 Å². The maximum absolute atomic E-state index is 13.2. The quantitative estimate of drug-likeness (QED) is 0.416. The van der Waals surface area contributed by atoms with E-state index in [1.165, 1.54) is 23.5 Å². The van der Waals surface area contributed by atoms with Crippen LogP contribution in [0.3, 0.4) is 0 Å². The van der Waals surface area contributed by atoms with Gasteiger partial charge in [-0.25, -0.2) is 9.37 Å². The third-order valence-electron chi connectivity index (χ3n) is 5.16. The topological polar surface area (TPSA) is 75.6 Å². The molecule has 3 aromatic heterocycles. The molecule has 0 radical (unpaired) electrons. The molecule has 0 saturated heterocycles. The van der Waals surface area contributed by atoms with Crippen LogP contribution in [0.1, 0.15) is 26.8 Å². The van der Waals surface area contributed by atoms with Gasteiger partial charge in [0.05, 0.1) is 28.1 Å². The highest BCUT2D eigenvalue weighted by atomic mass is 32.1. The number of hydrogen-bond donors (Lipinski definition) is 2. The zero-order valence-electron chi connectivity index (χ0n) is 16.9. The lowest BCUT2D eigenvalue weighted by Gasteiger charge is -2.03. The molecule has 2 N–H and O–H groups in total. The molecule has 0 bridgehead atoms. The molecule has 6 nitrogen and oxygen atoms in total. The monoisotopic (exact) mass is 433 g/mol. The molecule has 5 aromatic rings. The molecule has 5 rings (SSSR count). The van der Waals surface area contributed by atoms with E-state index < -0.39 is 0 Å². The molecule has 0 saturated carbocycles. The van der Waals surface area contributed by atoms with Crippen molar-refractivity contribution in [2.45, 2.75) is 19.9 Å². The summed E-state index contributed by atoms with van der Waals surface area (Å²) in [7, 11) is 0. The van der Waals surface area contributed by atoms with Crippen LogP contribution < -0.4 is 5.32 Å². The van der Waals surface area contributed by atoms with Gasteiger partial charge in [0.2, 0.25) is 0 Å². The van der Waals surface area contributed by atoms with Gasteiger partial charge < -0.3 is 10.3 Å². The summed E-state index contributed by atoms with van der Waals surface area (Å²) in [5.41, 5.74) is 3.75. The first-order chi connectivity index (χ1) is 15.1. The smallest absolute Gasteiger partial charge is 0.261 e. The normalized spacial score (nSPS) is 11.4. The first kappa shape index (κ1) is 19.4. The number of aromatic amines is 1. The molecule has 156 valence electrons. The number of carbonyl (C=O) groups is 1. The fourth-order valence-electron chi connectivity index (χ4n) is 3.60. The number of nitrogens with one attached hydrogen (secondary N) is 2. The number of para-hydroxylation sites is 2. The summed E-state index contributed by atoms with van der Waals surface area (Å²) >= 11 is 1.42. The number of thiophene rings is 1. The van der Waals surface area contributed by atoms with E-state index in [4.69, 9.17) is 0 Å². The molecule has 0 aliphatic carbocycles. The van der Waals surface area contributed by atoms with Crippen LogP contribution in [-0.4, -0.2) is 32.2 Å². The lowest BCUT2D eigenvalue weighted by Crippen LogP contribution is -2.25. The van der Waals surface area contributed by atoms with Crippen molar-refractivity contribution >= 4 is 38.5 Å². The molecule has 3 heterocycles. The van der Waals surface area contributed by atoms with Gasteiger partial charge in [0, 0.05) is 18.4 Å². The zero-order chi connectivity index (χ0) is 21.4.